The number of phenolic OH excluding ortho intramolecular Hbond substituents is 2. The lowest BCUT2D eigenvalue weighted by atomic mass is 9.65. The number of rotatable bonds is 54. The van der Waals surface area contributed by atoms with Gasteiger partial charge in [0.15, 0.2) is 24.6 Å². The van der Waals surface area contributed by atoms with Crippen molar-refractivity contribution in [2.45, 2.75) is 158 Å². The molecule has 13 rings (SSSR count). The number of piperidine rings is 1. The molecule has 6 heterocycles. The smallest absolute Gasteiger partial charge is 0.252 e. The van der Waals surface area contributed by atoms with E-state index in [0.717, 1.165) is 40.9 Å². The molecule has 1 spiro atoms. The summed E-state index contributed by atoms with van der Waals surface area (Å²) in [6, 6.07) is 18.3. The van der Waals surface area contributed by atoms with Gasteiger partial charge in [0, 0.05) is 132 Å². The highest BCUT2D eigenvalue weighted by Gasteiger charge is 2.56. The van der Waals surface area contributed by atoms with Crippen LogP contribution < -0.4 is 30.9 Å². The van der Waals surface area contributed by atoms with E-state index in [1.165, 1.54) is 32.4 Å². The molecule has 0 radical (unpaired) electrons. The third-order valence-corrected chi connectivity index (χ3v) is 25.6. The van der Waals surface area contributed by atoms with Gasteiger partial charge >= 0.3 is 0 Å². The predicted molar refractivity (Wildman–Crippen MR) is 475 cm³/mol. The zero-order valence-electron chi connectivity index (χ0n) is 76.6. The maximum Gasteiger partial charge on any atom is 0.252 e. The van der Waals surface area contributed by atoms with Crippen LogP contribution in [0.15, 0.2) is 66.7 Å². The number of morpholine rings is 1. The lowest BCUT2D eigenvalue weighted by molar-refractivity contribution is -0.256. The van der Waals surface area contributed by atoms with Crippen LogP contribution in [0.2, 0.25) is 0 Å². The first-order valence-corrected chi connectivity index (χ1v) is 46.4. The molecule has 5 aliphatic heterocycles. The van der Waals surface area contributed by atoms with Crippen molar-refractivity contribution in [1.82, 2.24) is 46.5 Å². The van der Waals surface area contributed by atoms with Crippen molar-refractivity contribution in [2.24, 2.45) is 11.3 Å². The highest BCUT2D eigenvalue weighted by atomic mass is 16.7. The molecule has 8 aliphatic rings. The van der Waals surface area contributed by atoms with E-state index < -0.39 is 125 Å². The SMILES string of the molecule is COCCOCCOCCOCCOCCOCCOCCOCCOCCOCCOCCOCCC(=O)NC[C@H](NC(=O)C1CCC2(CC1)CCN(C(=O)CCCCC(=O)N1Cc3ccccc3-c3n[nH]nc3-c3ccccc31)CC2)C(=O)NCCNC(=O)[C@]1(O)Cc2c(O)c3c(c(O)c2[C@@H](O[C@H]2C[C@H]4[C@H](O[C@@H]5[C@@H](OC)OCCN54)[C@H](C)O2)C1)C(=O)c1c(OC)cccc1C3=O. The minimum absolute atomic E-state index is 0.0142. The largest absolute Gasteiger partial charge is 0.507 e. The molecule has 8 N–H and O–H groups in total. The number of hydrogen-bond donors (Lipinski definition) is 8. The zero-order chi connectivity index (χ0) is 93.5. The molecule has 3 aliphatic carbocycles. The van der Waals surface area contributed by atoms with Crippen molar-refractivity contribution >= 4 is 52.7 Å². The first-order chi connectivity index (χ1) is 64.8. The first kappa shape index (κ1) is 101. The van der Waals surface area contributed by atoms with Gasteiger partial charge in [0.1, 0.15) is 46.4 Å². The van der Waals surface area contributed by atoms with Gasteiger partial charge in [-0.3, -0.25) is 43.3 Å². The Morgan fingerprint density at radius 2 is 1.14 bits per heavy atom. The van der Waals surface area contributed by atoms with Gasteiger partial charge in [0.05, 0.1) is 207 Å². The van der Waals surface area contributed by atoms with Crippen LogP contribution in [0.1, 0.15) is 145 Å². The first-order valence-electron chi connectivity index (χ1n) is 46.4. The van der Waals surface area contributed by atoms with Crippen molar-refractivity contribution in [3.05, 3.63) is 106 Å². The van der Waals surface area contributed by atoms with Gasteiger partial charge in [-0.15, -0.1) is 0 Å². The van der Waals surface area contributed by atoms with E-state index in [1.54, 1.807) is 18.9 Å². The monoisotopic (exact) mass is 1860 g/mol. The van der Waals surface area contributed by atoms with Crippen LogP contribution in [0.3, 0.4) is 0 Å². The fraction of sp³-hybridized carbons (Fsp3) is 0.638. The van der Waals surface area contributed by atoms with Crippen LogP contribution in [0.25, 0.3) is 22.5 Å². The average molecular weight is 1860 g/mol. The molecule has 39 nitrogen and oxygen atoms in total. The molecule has 1 saturated carbocycles. The van der Waals surface area contributed by atoms with Gasteiger partial charge in [-0.2, -0.15) is 15.4 Å². The number of benzene rings is 4. The number of methoxy groups -OCH3 is 3. The minimum Gasteiger partial charge on any atom is -0.507 e. The number of ether oxygens (including phenoxy) is 18. The van der Waals surface area contributed by atoms with E-state index in [-0.39, 0.29) is 110 Å². The van der Waals surface area contributed by atoms with E-state index in [4.69, 9.17) is 85.3 Å². The Labute approximate surface area is 773 Å². The fourth-order valence-electron chi connectivity index (χ4n) is 18.5. The quantitative estimate of drug-likeness (QED) is 0.0192. The predicted octanol–water partition coefficient (Wildman–Crippen LogP) is 4.56. The van der Waals surface area contributed by atoms with E-state index in [2.05, 4.69) is 41.6 Å². The molecule has 730 valence electrons. The molecular weight excluding hydrogens is 1730 g/mol. The van der Waals surface area contributed by atoms with Crippen molar-refractivity contribution in [1.29, 1.82) is 0 Å². The third kappa shape index (κ3) is 26.8. The number of para-hydroxylation sites is 1. The summed E-state index contributed by atoms with van der Waals surface area (Å²) in [5.41, 5.74) is 0.574. The molecule has 39 heteroatoms. The fourth-order valence-corrected chi connectivity index (χ4v) is 18.5. The number of carbonyl (C=O) groups is 8. The maximum absolute atomic E-state index is 14.7. The molecule has 0 bridgehead atoms. The number of H-pyrrole nitrogens is 1. The molecular formula is C94H130N10O29. The second-order valence-electron chi connectivity index (χ2n) is 34.1. The second-order valence-corrected chi connectivity index (χ2v) is 34.1. The molecule has 133 heavy (non-hydrogen) atoms. The average Bonchev–Trinajstić information content (AvgIpc) is 1.34. The number of nitrogens with zero attached hydrogens (tertiary/aromatic N) is 5. The number of carbonyl (C=O) groups excluding carboxylic acids is 8. The number of phenols is 2. The van der Waals surface area contributed by atoms with Gasteiger partial charge < -0.3 is 132 Å². The van der Waals surface area contributed by atoms with E-state index in [1.807, 2.05) is 53.4 Å². The lowest BCUT2D eigenvalue weighted by Crippen LogP contribution is -2.56. The number of fused-ring (bicyclic) bond motifs is 11. The number of aromatic amines is 1. The lowest BCUT2D eigenvalue weighted by Gasteiger charge is -2.45. The summed E-state index contributed by atoms with van der Waals surface area (Å²) in [5.74, 6) is -6.09. The summed E-state index contributed by atoms with van der Waals surface area (Å²) in [4.78, 5) is 120. The summed E-state index contributed by atoms with van der Waals surface area (Å²) in [5, 5.41) is 60.3. The Hall–Kier alpha value is -9.18. The van der Waals surface area contributed by atoms with Crippen molar-refractivity contribution in [2.75, 3.05) is 224 Å². The van der Waals surface area contributed by atoms with Crippen LogP contribution in [0.5, 0.6) is 17.2 Å². The highest BCUT2D eigenvalue weighted by molar-refractivity contribution is 6.31. The van der Waals surface area contributed by atoms with Crippen molar-refractivity contribution in [3.63, 3.8) is 0 Å². The molecule has 4 aromatic carbocycles. The second kappa shape index (κ2) is 51.1. The Kier molecular flexibility index (Phi) is 38.9. The van der Waals surface area contributed by atoms with Gasteiger partial charge in [-0.1, -0.05) is 54.6 Å². The molecule has 4 saturated heterocycles. The van der Waals surface area contributed by atoms with Crippen LogP contribution in [-0.2, 0) is 122 Å². The topological polar surface area (TPSA) is 463 Å². The number of aromatic hydroxyl groups is 2. The number of ketones is 2. The Bertz CT molecular complexity index is 4640. The van der Waals surface area contributed by atoms with E-state index in [9.17, 15) is 53.7 Å². The Morgan fingerprint density at radius 3 is 1.74 bits per heavy atom. The number of anilines is 1. The van der Waals surface area contributed by atoms with E-state index in [0.29, 0.717) is 216 Å². The molecule has 9 atom stereocenters. The summed E-state index contributed by atoms with van der Waals surface area (Å²) in [6.45, 7) is 12.4. The summed E-state index contributed by atoms with van der Waals surface area (Å²) < 4.78 is 102. The number of aromatic nitrogens is 3. The zero-order valence-corrected chi connectivity index (χ0v) is 76.6. The summed E-state index contributed by atoms with van der Waals surface area (Å²) >= 11 is 0. The van der Waals surface area contributed by atoms with Crippen LogP contribution in [-0.4, -0.2) is 355 Å². The standard InChI is InChI=1S/C94H130N10O29/c1-61-87-70(103-31-33-130-91(118-4)90(103)133-87)56-76(131-61)132-72-58-94(115,57-67-78(72)86(111)80-79(84(67)109)83(108)66-15-11-17-71(117-3)77(66)85(80)110)92(114)96-28-27-95-89(113)68(59-97-73(105)22-32-119-36-37-121-40-41-123-44-45-125-48-49-127-52-53-129-55-54-128-51-50-126-47-46-124-43-42-122-39-38-120-35-34-116-2)98-88(112)62-20-23-93(24-21-62)25-29-102(30-26-93)74(106)18-9-10-19-75(107)104-60-63-12-5-6-13-64(63)81-82(100-101-99-81)65-14-7-8-16-69(65)104/h5-8,11-17,61-62,68,70,72,76,87,90-91,109,111,115H,9-10,18-60H2,1-4H3,(H,95,113)(H,96,114)(H,97,105)(H,98,112)(H,99,100,101)/t61-,68-,70-,72-,76-,87+,90+,91-,94-/m0/s1. The highest BCUT2D eigenvalue weighted by Crippen LogP contribution is 2.54. The van der Waals surface area contributed by atoms with Crippen LogP contribution in [0.4, 0.5) is 5.69 Å². The Morgan fingerprint density at radius 1 is 0.586 bits per heavy atom. The van der Waals surface area contributed by atoms with Gasteiger partial charge in [-0.25, -0.2) is 0 Å². The van der Waals surface area contributed by atoms with Crippen molar-refractivity contribution in [3.8, 4) is 39.8 Å². The molecule has 5 fully saturated rings. The third-order valence-electron chi connectivity index (χ3n) is 25.6. The number of unbranched alkanes of at least 4 members (excludes halogenated alkanes) is 1. The van der Waals surface area contributed by atoms with Gasteiger partial charge in [-0.05, 0) is 81.4 Å². The molecule has 6 amide bonds. The number of aliphatic hydroxyl groups is 1. The number of hydrogen-bond acceptors (Lipinski definition) is 32. The molecule has 1 aromatic heterocycles. The number of likely N-dealkylation sites (tertiary alicyclic amines) is 1. The van der Waals surface area contributed by atoms with Crippen LogP contribution in [0, 0.1) is 11.3 Å². The summed E-state index contributed by atoms with van der Waals surface area (Å²) in [6.07, 6.45) is -0.429. The number of nitrogens with one attached hydrogen (secondary N) is 5. The summed E-state index contributed by atoms with van der Waals surface area (Å²) in [7, 11) is 4.48. The number of amides is 6. The van der Waals surface area contributed by atoms with Gasteiger partial charge in [0.25, 0.3) is 5.91 Å². The molecule has 5 aromatic rings. The van der Waals surface area contributed by atoms with Crippen molar-refractivity contribution < 1.29 is 139 Å². The Balaban J connectivity index is 0.548. The normalized spacial score (nSPS) is 21.5. The molecule has 0 unspecified atom stereocenters. The minimum atomic E-state index is -2.45. The van der Waals surface area contributed by atoms with Crippen LogP contribution >= 0.6 is 0 Å². The van der Waals surface area contributed by atoms with E-state index >= 15 is 0 Å². The van der Waals surface area contributed by atoms with Gasteiger partial charge in [0.2, 0.25) is 35.3 Å². The maximum atomic E-state index is 14.7.